The van der Waals surface area contributed by atoms with Gasteiger partial charge in [0.1, 0.15) is 0 Å². The molecule has 1 aromatic rings. The van der Waals surface area contributed by atoms with Crippen molar-refractivity contribution in [1.82, 2.24) is 4.98 Å². The Balaban J connectivity index is 3.04. The number of aryl methyl sites for hydroxylation is 1. The van der Waals surface area contributed by atoms with Crippen LogP contribution in [-0.4, -0.2) is 4.98 Å². The average Bonchev–Trinajstić information content (AvgIpc) is 1.87. The van der Waals surface area contributed by atoms with Gasteiger partial charge in [-0.05, 0) is 6.92 Å². The lowest BCUT2D eigenvalue weighted by molar-refractivity contribution is 1.28. The third kappa shape index (κ3) is 1.17. The average molecular weight is 131 g/mol. The SMILES string of the molecule is Cc1ncc(S)s1. The highest BCUT2D eigenvalue weighted by Crippen LogP contribution is 2.14. The van der Waals surface area contributed by atoms with Crippen LogP contribution in [0.2, 0.25) is 0 Å². The van der Waals surface area contributed by atoms with Gasteiger partial charge in [0, 0.05) is 0 Å². The first-order chi connectivity index (χ1) is 3.29. The van der Waals surface area contributed by atoms with Gasteiger partial charge in [-0.2, -0.15) is 0 Å². The van der Waals surface area contributed by atoms with E-state index in [4.69, 9.17) is 0 Å². The van der Waals surface area contributed by atoms with Crippen molar-refractivity contribution in [2.75, 3.05) is 0 Å². The van der Waals surface area contributed by atoms with E-state index in [-0.39, 0.29) is 0 Å². The molecule has 0 fully saturated rings. The third-order valence-corrected chi connectivity index (χ3v) is 1.71. The standard InChI is InChI=1S/C4H5NS2/c1-3-5-2-4(6)7-3/h2,6H,1H3. The van der Waals surface area contributed by atoms with Gasteiger partial charge in [-0.1, -0.05) is 0 Å². The molecule has 1 heterocycles. The van der Waals surface area contributed by atoms with Gasteiger partial charge in [0.25, 0.3) is 0 Å². The maximum Gasteiger partial charge on any atom is 0.0905 e. The Kier molecular flexibility index (Phi) is 1.35. The van der Waals surface area contributed by atoms with Crippen molar-refractivity contribution in [3.63, 3.8) is 0 Å². The Bertz CT molecular complexity index is 142. The van der Waals surface area contributed by atoms with Crippen LogP contribution in [0.5, 0.6) is 0 Å². The summed E-state index contributed by atoms with van der Waals surface area (Å²) < 4.78 is 0.984. The van der Waals surface area contributed by atoms with E-state index in [1.165, 1.54) is 0 Å². The molecule has 0 N–H and O–H groups in total. The molecule has 0 aliphatic carbocycles. The van der Waals surface area contributed by atoms with E-state index in [2.05, 4.69) is 17.6 Å². The second-order valence-corrected chi connectivity index (χ2v) is 3.24. The molecule has 0 spiro atoms. The quantitative estimate of drug-likeness (QED) is 0.529. The molecule has 1 nitrogen and oxygen atoms in total. The molecule has 7 heavy (non-hydrogen) atoms. The van der Waals surface area contributed by atoms with E-state index in [0.717, 1.165) is 9.22 Å². The van der Waals surface area contributed by atoms with Crippen molar-refractivity contribution in [2.45, 2.75) is 11.1 Å². The predicted octanol–water partition coefficient (Wildman–Crippen LogP) is 1.74. The smallest absolute Gasteiger partial charge is 0.0905 e. The zero-order chi connectivity index (χ0) is 5.28. The van der Waals surface area contributed by atoms with Gasteiger partial charge in [-0.25, -0.2) is 4.98 Å². The molecule has 0 unspecified atom stereocenters. The minimum atomic E-state index is 0.984. The summed E-state index contributed by atoms with van der Waals surface area (Å²) in [5.74, 6) is 0. The van der Waals surface area contributed by atoms with Crippen LogP contribution in [0.15, 0.2) is 10.4 Å². The maximum atomic E-state index is 4.06. The number of aromatic nitrogens is 1. The topological polar surface area (TPSA) is 12.9 Å². The molecule has 38 valence electrons. The van der Waals surface area contributed by atoms with Crippen molar-refractivity contribution in [2.24, 2.45) is 0 Å². The van der Waals surface area contributed by atoms with E-state index < -0.39 is 0 Å². The Hall–Kier alpha value is -0.0200. The fourth-order valence-electron chi connectivity index (χ4n) is 0.350. The van der Waals surface area contributed by atoms with Gasteiger partial charge in [0.15, 0.2) is 0 Å². The Morgan fingerprint density at radius 2 is 2.57 bits per heavy atom. The summed E-state index contributed by atoms with van der Waals surface area (Å²) >= 11 is 5.66. The number of thiazole rings is 1. The molecule has 3 heteroatoms. The number of thiol groups is 1. The lowest BCUT2D eigenvalue weighted by Crippen LogP contribution is -1.56. The van der Waals surface area contributed by atoms with Crippen LogP contribution in [-0.2, 0) is 0 Å². The van der Waals surface area contributed by atoms with Crippen molar-refractivity contribution in [3.8, 4) is 0 Å². The Labute approximate surface area is 51.8 Å². The summed E-state index contributed by atoms with van der Waals surface area (Å²) in [6.45, 7) is 1.96. The number of hydrogen-bond acceptors (Lipinski definition) is 3. The maximum absolute atomic E-state index is 4.06. The highest BCUT2D eigenvalue weighted by atomic mass is 32.2. The van der Waals surface area contributed by atoms with Crippen LogP contribution >= 0.6 is 24.0 Å². The number of hydrogen-bond donors (Lipinski definition) is 1. The van der Waals surface area contributed by atoms with Gasteiger partial charge >= 0.3 is 0 Å². The number of nitrogens with zero attached hydrogens (tertiary/aromatic N) is 1. The van der Waals surface area contributed by atoms with E-state index in [1.807, 2.05) is 6.92 Å². The molecule has 1 aromatic heterocycles. The van der Waals surface area contributed by atoms with Crippen LogP contribution in [0.4, 0.5) is 0 Å². The van der Waals surface area contributed by atoms with E-state index in [1.54, 1.807) is 17.5 Å². The molecule has 0 bridgehead atoms. The summed E-state index contributed by atoms with van der Waals surface area (Å²) in [7, 11) is 0. The summed E-state index contributed by atoms with van der Waals surface area (Å²) in [6, 6.07) is 0. The third-order valence-electron chi connectivity index (χ3n) is 0.609. The lowest BCUT2D eigenvalue weighted by atomic mass is 10.8. The lowest BCUT2D eigenvalue weighted by Gasteiger charge is -1.68. The van der Waals surface area contributed by atoms with E-state index in [9.17, 15) is 0 Å². The van der Waals surface area contributed by atoms with Crippen LogP contribution in [0.1, 0.15) is 5.01 Å². The molecule has 0 aromatic carbocycles. The second kappa shape index (κ2) is 1.84. The molecule has 0 aliphatic heterocycles. The first-order valence-corrected chi connectivity index (χ1v) is 3.17. The minimum absolute atomic E-state index is 0.984. The fraction of sp³-hybridized carbons (Fsp3) is 0.250. The van der Waals surface area contributed by atoms with Gasteiger partial charge in [-0.15, -0.1) is 24.0 Å². The fourth-order valence-corrected chi connectivity index (χ4v) is 1.32. The van der Waals surface area contributed by atoms with Gasteiger partial charge in [0.05, 0.1) is 15.4 Å². The summed E-state index contributed by atoms with van der Waals surface area (Å²) in [5, 5.41) is 1.07. The summed E-state index contributed by atoms with van der Waals surface area (Å²) in [6.07, 6.45) is 1.75. The van der Waals surface area contributed by atoms with Crippen molar-refractivity contribution < 1.29 is 0 Å². The van der Waals surface area contributed by atoms with Crippen LogP contribution in [0.25, 0.3) is 0 Å². The van der Waals surface area contributed by atoms with Crippen LogP contribution < -0.4 is 0 Å². The number of rotatable bonds is 0. The van der Waals surface area contributed by atoms with Gasteiger partial charge < -0.3 is 0 Å². The molecular weight excluding hydrogens is 126 g/mol. The Morgan fingerprint density at radius 3 is 2.71 bits per heavy atom. The zero-order valence-electron chi connectivity index (χ0n) is 3.88. The van der Waals surface area contributed by atoms with Gasteiger partial charge in [-0.3, -0.25) is 0 Å². The second-order valence-electron chi connectivity index (χ2n) is 1.22. The van der Waals surface area contributed by atoms with Crippen molar-refractivity contribution in [1.29, 1.82) is 0 Å². The monoisotopic (exact) mass is 131 g/mol. The predicted molar refractivity (Wildman–Crippen MR) is 34.1 cm³/mol. The molecule has 0 atom stereocenters. The highest BCUT2D eigenvalue weighted by Gasteiger charge is 1.87. The normalized spacial score (nSPS) is 9.43. The highest BCUT2D eigenvalue weighted by molar-refractivity contribution is 7.82. The van der Waals surface area contributed by atoms with E-state index in [0.29, 0.717) is 0 Å². The van der Waals surface area contributed by atoms with Crippen LogP contribution in [0.3, 0.4) is 0 Å². The summed E-state index contributed by atoms with van der Waals surface area (Å²) in [4.78, 5) is 3.96. The molecule has 0 radical (unpaired) electrons. The molecule has 1 rings (SSSR count). The molecular formula is C4H5NS2. The first-order valence-electron chi connectivity index (χ1n) is 1.90. The first kappa shape index (κ1) is 5.12. The molecule has 0 amide bonds. The zero-order valence-corrected chi connectivity index (χ0v) is 5.59. The van der Waals surface area contributed by atoms with E-state index >= 15 is 0 Å². The molecule has 0 aliphatic rings. The summed E-state index contributed by atoms with van der Waals surface area (Å²) in [5.41, 5.74) is 0. The van der Waals surface area contributed by atoms with Crippen LogP contribution in [0, 0.1) is 6.92 Å². The Morgan fingerprint density at radius 1 is 1.86 bits per heavy atom. The van der Waals surface area contributed by atoms with Crippen molar-refractivity contribution >= 4 is 24.0 Å². The van der Waals surface area contributed by atoms with Crippen molar-refractivity contribution in [3.05, 3.63) is 11.2 Å². The largest absolute Gasteiger partial charge is 0.249 e. The molecule has 0 saturated heterocycles. The minimum Gasteiger partial charge on any atom is -0.249 e. The van der Waals surface area contributed by atoms with Gasteiger partial charge in [0.2, 0.25) is 0 Å². The molecule has 0 saturated carbocycles.